The van der Waals surface area contributed by atoms with Crippen molar-refractivity contribution in [2.45, 2.75) is 26.9 Å². The van der Waals surface area contributed by atoms with E-state index in [1.165, 1.54) is 0 Å². The number of rotatable bonds is 5. The van der Waals surface area contributed by atoms with Crippen molar-refractivity contribution in [3.8, 4) is 17.2 Å². The Kier molecular flexibility index (Phi) is 6.18. The molecule has 162 valence electrons. The third kappa shape index (κ3) is 5.12. The summed E-state index contributed by atoms with van der Waals surface area (Å²) in [6.45, 7) is 5.88. The molecule has 2 N–H and O–H groups in total. The smallest absolute Gasteiger partial charge is 0.257 e. The molecule has 0 aliphatic carbocycles. The third-order valence-corrected chi connectivity index (χ3v) is 4.83. The van der Waals surface area contributed by atoms with E-state index in [4.69, 9.17) is 21.4 Å². The average molecular weight is 446 g/mol. The van der Waals surface area contributed by atoms with E-state index in [1.54, 1.807) is 18.2 Å². The summed E-state index contributed by atoms with van der Waals surface area (Å²) >= 11 is 5.29. The van der Waals surface area contributed by atoms with Gasteiger partial charge in [-0.2, -0.15) is 0 Å². The standard InChI is InChI=1S/C25H23N3O3S/c1-15(2)30-20-6-4-5-18(14-20)23(29)28-25(32)26-19-10-8-17(9-11-19)24-27-21-12-7-16(3)13-22(21)31-24/h4-15H,1-3H3,(H2,26,28,29,32). The molecule has 0 atom stereocenters. The predicted molar refractivity (Wildman–Crippen MR) is 130 cm³/mol. The number of nitrogens with zero attached hydrogens (tertiary/aromatic N) is 1. The van der Waals surface area contributed by atoms with E-state index in [2.05, 4.69) is 15.6 Å². The summed E-state index contributed by atoms with van der Waals surface area (Å²) in [5, 5.41) is 5.91. The van der Waals surface area contributed by atoms with Crippen molar-refractivity contribution in [2.24, 2.45) is 0 Å². The molecule has 0 unspecified atom stereocenters. The number of anilines is 1. The van der Waals surface area contributed by atoms with Crippen molar-refractivity contribution in [3.05, 3.63) is 77.9 Å². The number of carbonyl (C=O) groups is 1. The van der Waals surface area contributed by atoms with Gasteiger partial charge in [0, 0.05) is 16.8 Å². The fraction of sp³-hybridized carbons (Fsp3) is 0.160. The summed E-state index contributed by atoms with van der Waals surface area (Å²) in [5.41, 5.74) is 4.75. The van der Waals surface area contributed by atoms with Gasteiger partial charge in [0.05, 0.1) is 6.10 Å². The second-order valence-corrected chi connectivity index (χ2v) is 8.08. The van der Waals surface area contributed by atoms with Crippen molar-refractivity contribution in [2.75, 3.05) is 5.32 Å². The molecule has 32 heavy (non-hydrogen) atoms. The van der Waals surface area contributed by atoms with Gasteiger partial charge in [-0.3, -0.25) is 10.1 Å². The van der Waals surface area contributed by atoms with Gasteiger partial charge in [-0.05, 0) is 93.1 Å². The van der Waals surface area contributed by atoms with Crippen LogP contribution in [0.3, 0.4) is 0 Å². The Morgan fingerprint density at radius 1 is 1.06 bits per heavy atom. The SMILES string of the molecule is Cc1ccc2nc(-c3ccc(NC(=S)NC(=O)c4cccc(OC(C)C)c4)cc3)oc2c1. The van der Waals surface area contributed by atoms with Crippen LogP contribution in [-0.4, -0.2) is 22.1 Å². The van der Waals surface area contributed by atoms with Gasteiger partial charge >= 0.3 is 0 Å². The summed E-state index contributed by atoms with van der Waals surface area (Å²) in [4.78, 5) is 17.0. The molecule has 0 radical (unpaired) electrons. The van der Waals surface area contributed by atoms with Crippen molar-refractivity contribution in [1.82, 2.24) is 10.3 Å². The lowest BCUT2D eigenvalue weighted by Gasteiger charge is -2.12. The van der Waals surface area contributed by atoms with Crippen molar-refractivity contribution in [1.29, 1.82) is 0 Å². The number of ether oxygens (including phenoxy) is 1. The highest BCUT2D eigenvalue weighted by molar-refractivity contribution is 7.80. The zero-order valence-corrected chi connectivity index (χ0v) is 18.8. The second-order valence-electron chi connectivity index (χ2n) is 7.67. The number of nitrogens with one attached hydrogen (secondary N) is 2. The lowest BCUT2D eigenvalue weighted by atomic mass is 10.2. The maximum atomic E-state index is 12.5. The highest BCUT2D eigenvalue weighted by Gasteiger charge is 2.11. The number of amides is 1. The van der Waals surface area contributed by atoms with E-state index >= 15 is 0 Å². The summed E-state index contributed by atoms with van der Waals surface area (Å²) < 4.78 is 11.5. The first kappa shape index (κ1) is 21.5. The zero-order chi connectivity index (χ0) is 22.7. The number of aromatic nitrogens is 1. The zero-order valence-electron chi connectivity index (χ0n) is 18.0. The molecule has 1 amide bonds. The first-order valence-corrected chi connectivity index (χ1v) is 10.6. The summed E-state index contributed by atoms with van der Waals surface area (Å²) in [5.74, 6) is 0.878. The van der Waals surface area contributed by atoms with Crippen LogP contribution in [0.4, 0.5) is 5.69 Å². The van der Waals surface area contributed by atoms with E-state index < -0.39 is 0 Å². The number of oxazole rings is 1. The van der Waals surface area contributed by atoms with Crippen molar-refractivity contribution >= 4 is 40.0 Å². The predicted octanol–water partition coefficient (Wildman–Crippen LogP) is 5.72. The van der Waals surface area contributed by atoms with E-state index in [0.717, 1.165) is 27.9 Å². The maximum Gasteiger partial charge on any atom is 0.257 e. The Hall–Kier alpha value is -3.71. The molecule has 0 bridgehead atoms. The molecular formula is C25H23N3O3S. The second kappa shape index (κ2) is 9.20. The van der Waals surface area contributed by atoms with Crippen LogP contribution < -0.4 is 15.4 Å². The third-order valence-electron chi connectivity index (χ3n) is 4.63. The van der Waals surface area contributed by atoms with E-state index in [0.29, 0.717) is 17.2 Å². The maximum absolute atomic E-state index is 12.5. The van der Waals surface area contributed by atoms with Crippen LogP contribution in [0, 0.1) is 6.92 Å². The fourth-order valence-corrected chi connectivity index (χ4v) is 3.38. The normalized spacial score (nSPS) is 10.9. The molecule has 3 aromatic carbocycles. The van der Waals surface area contributed by atoms with Gasteiger partial charge in [-0.15, -0.1) is 0 Å². The number of hydrogen-bond donors (Lipinski definition) is 2. The average Bonchev–Trinajstić information content (AvgIpc) is 3.17. The minimum Gasteiger partial charge on any atom is -0.491 e. The quantitative estimate of drug-likeness (QED) is 0.383. The number of fused-ring (bicyclic) bond motifs is 1. The Morgan fingerprint density at radius 2 is 1.84 bits per heavy atom. The molecule has 0 aliphatic heterocycles. The first-order valence-electron chi connectivity index (χ1n) is 10.2. The first-order chi connectivity index (χ1) is 15.4. The Balaban J connectivity index is 1.39. The Morgan fingerprint density at radius 3 is 2.59 bits per heavy atom. The lowest BCUT2D eigenvalue weighted by molar-refractivity contribution is 0.0977. The summed E-state index contributed by atoms with van der Waals surface area (Å²) in [6, 6.07) is 20.4. The van der Waals surface area contributed by atoms with Crippen LogP contribution in [0.25, 0.3) is 22.6 Å². The molecular weight excluding hydrogens is 422 g/mol. The number of aryl methyl sites for hydroxylation is 1. The molecule has 4 rings (SSSR count). The molecule has 0 aliphatic rings. The van der Waals surface area contributed by atoms with Gasteiger partial charge in [0.25, 0.3) is 5.91 Å². The van der Waals surface area contributed by atoms with Gasteiger partial charge in [-0.1, -0.05) is 12.1 Å². The van der Waals surface area contributed by atoms with Crippen LogP contribution in [0.1, 0.15) is 29.8 Å². The molecule has 0 saturated heterocycles. The van der Waals surface area contributed by atoms with E-state index in [1.807, 2.05) is 69.3 Å². The molecule has 0 saturated carbocycles. The van der Waals surface area contributed by atoms with Crippen molar-refractivity contribution < 1.29 is 13.9 Å². The molecule has 1 aromatic heterocycles. The van der Waals surface area contributed by atoms with Crippen LogP contribution in [-0.2, 0) is 0 Å². The van der Waals surface area contributed by atoms with Gasteiger partial charge in [0.2, 0.25) is 5.89 Å². The van der Waals surface area contributed by atoms with Crippen LogP contribution in [0.15, 0.2) is 71.1 Å². The Bertz CT molecular complexity index is 1280. The van der Waals surface area contributed by atoms with E-state index in [-0.39, 0.29) is 17.1 Å². The summed E-state index contributed by atoms with van der Waals surface area (Å²) in [6.07, 6.45) is 0.0258. The highest BCUT2D eigenvalue weighted by atomic mass is 32.1. The minimum atomic E-state index is -0.310. The number of thiocarbonyl (C=S) groups is 1. The highest BCUT2D eigenvalue weighted by Crippen LogP contribution is 2.26. The topological polar surface area (TPSA) is 76.4 Å². The number of hydrogen-bond acceptors (Lipinski definition) is 5. The molecule has 1 heterocycles. The number of benzene rings is 3. The van der Waals surface area contributed by atoms with Gasteiger partial charge in [-0.25, -0.2) is 4.98 Å². The number of carbonyl (C=O) groups excluding carboxylic acids is 1. The van der Waals surface area contributed by atoms with Crippen LogP contribution in [0.5, 0.6) is 5.75 Å². The molecule has 0 spiro atoms. The van der Waals surface area contributed by atoms with Gasteiger partial charge in [0.1, 0.15) is 11.3 Å². The van der Waals surface area contributed by atoms with Crippen molar-refractivity contribution in [3.63, 3.8) is 0 Å². The largest absolute Gasteiger partial charge is 0.491 e. The Labute approximate surface area is 191 Å². The molecule has 7 heteroatoms. The van der Waals surface area contributed by atoms with Gasteiger partial charge in [0.15, 0.2) is 10.7 Å². The minimum absolute atomic E-state index is 0.0258. The monoisotopic (exact) mass is 445 g/mol. The van der Waals surface area contributed by atoms with E-state index in [9.17, 15) is 4.79 Å². The fourth-order valence-electron chi connectivity index (χ4n) is 3.17. The summed E-state index contributed by atoms with van der Waals surface area (Å²) in [7, 11) is 0. The molecule has 6 nitrogen and oxygen atoms in total. The van der Waals surface area contributed by atoms with Gasteiger partial charge < -0.3 is 14.5 Å². The van der Waals surface area contributed by atoms with Crippen LogP contribution >= 0.6 is 12.2 Å². The molecule has 4 aromatic rings. The van der Waals surface area contributed by atoms with Crippen LogP contribution in [0.2, 0.25) is 0 Å². The molecule has 0 fully saturated rings. The lowest BCUT2D eigenvalue weighted by Crippen LogP contribution is -2.34.